The smallest absolute Gasteiger partial charge is 0.0522 e. The van der Waals surface area contributed by atoms with Crippen LogP contribution in [-0.2, 0) is 12.8 Å². The summed E-state index contributed by atoms with van der Waals surface area (Å²) in [5.74, 6) is 0.447. The number of aromatic amines is 1. The Morgan fingerprint density at radius 3 is 3.45 bits per heavy atom. The summed E-state index contributed by atoms with van der Waals surface area (Å²) in [6, 6.07) is 0. The van der Waals surface area contributed by atoms with E-state index in [9.17, 15) is 0 Å². The Kier molecular flexibility index (Phi) is 1.66. The summed E-state index contributed by atoms with van der Waals surface area (Å²) in [6.07, 6.45) is 5.02. The first-order valence-electron chi connectivity index (χ1n) is 4.02. The van der Waals surface area contributed by atoms with Gasteiger partial charge in [0.25, 0.3) is 0 Å². The standard InChI is InChI=1S/C8H12N2O/c11-5-6-1-2-7-4-9-10-8(7)3-6/h4,6,11H,1-3,5H2,(H,9,10)/t6-/m0/s1. The number of H-pyrrole nitrogens is 1. The number of nitrogens with one attached hydrogen (secondary N) is 1. The molecule has 2 N–H and O–H groups in total. The van der Waals surface area contributed by atoms with E-state index >= 15 is 0 Å². The first-order chi connectivity index (χ1) is 5.40. The van der Waals surface area contributed by atoms with Crippen LogP contribution in [0.5, 0.6) is 0 Å². The largest absolute Gasteiger partial charge is 0.396 e. The molecule has 11 heavy (non-hydrogen) atoms. The van der Waals surface area contributed by atoms with Gasteiger partial charge in [0.05, 0.1) is 6.20 Å². The van der Waals surface area contributed by atoms with Crippen LogP contribution in [0.2, 0.25) is 0 Å². The van der Waals surface area contributed by atoms with Gasteiger partial charge in [0.15, 0.2) is 0 Å². The fourth-order valence-electron chi connectivity index (χ4n) is 1.64. The Morgan fingerprint density at radius 2 is 2.64 bits per heavy atom. The van der Waals surface area contributed by atoms with Crippen molar-refractivity contribution in [3.63, 3.8) is 0 Å². The maximum atomic E-state index is 8.92. The van der Waals surface area contributed by atoms with Crippen LogP contribution >= 0.6 is 0 Å². The van der Waals surface area contributed by atoms with E-state index in [-0.39, 0.29) is 0 Å². The highest BCUT2D eigenvalue weighted by atomic mass is 16.3. The van der Waals surface area contributed by atoms with E-state index in [1.165, 1.54) is 11.3 Å². The van der Waals surface area contributed by atoms with Gasteiger partial charge < -0.3 is 5.11 Å². The van der Waals surface area contributed by atoms with Crippen LogP contribution in [0.25, 0.3) is 0 Å². The molecule has 0 saturated carbocycles. The molecular weight excluding hydrogens is 140 g/mol. The van der Waals surface area contributed by atoms with Crippen LogP contribution in [0, 0.1) is 5.92 Å². The molecule has 0 saturated heterocycles. The van der Waals surface area contributed by atoms with Crippen LogP contribution in [-0.4, -0.2) is 21.9 Å². The maximum Gasteiger partial charge on any atom is 0.0522 e. The van der Waals surface area contributed by atoms with E-state index in [4.69, 9.17) is 5.11 Å². The summed E-state index contributed by atoms with van der Waals surface area (Å²) in [5.41, 5.74) is 2.55. The molecule has 1 heterocycles. The SMILES string of the molecule is OC[C@H]1CCc2cn[nH]c2C1. The second-order valence-corrected chi connectivity index (χ2v) is 3.17. The molecule has 0 aromatic carbocycles. The monoisotopic (exact) mass is 152 g/mol. The number of aliphatic hydroxyl groups excluding tert-OH is 1. The Labute approximate surface area is 65.4 Å². The minimum absolute atomic E-state index is 0.304. The summed E-state index contributed by atoms with van der Waals surface area (Å²) < 4.78 is 0. The second-order valence-electron chi connectivity index (χ2n) is 3.17. The quantitative estimate of drug-likeness (QED) is 0.616. The molecule has 1 aliphatic rings. The minimum atomic E-state index is 0.304. The molecule has 0 spiro atoms. The number of aliphatic hydroxyl groups is 1. The molecule has 2 rings (SSSR count). The van der Waals surface area contributed by atoms with Crippen LogP contribution in [0.15, 0.2) is 6.20 Å². The molecule has 1 aromatic rings. The summed E-state index contributed by atoms with van der Waals surface area (Å²) >= 11 is 0. The first kappa shape index (κ1) is 6.85. The Bertz CT molecular complexity index is 244. The van der Waals surface area contributed by atoms with Crippen LogP contribution < -0.4 is 0 Å². The predicted molar refractivity (Wildman–Crippen MR) is 41.2 cm³/mol. The van der Waals surface area contributed by atoms with Crippen molar-refractivity contribution in [2.45, 2.75) is 19.3 Å². The zero-order valence-electron chi connectivity index (χ0n) is 6.38. The number of rotatable bonds is 1. The molecule has 3 heteroatoms. The predicted octanol–water partition coefficient (Wildman–Crippen LogP) is 0.507. The van der Waals surface area contributed by atoms with Crippen molar-refractivity contribution in [2.75, 3.05) is 6.61 Å². The molecule has 0 unspecified atom stereocenters. The van der Waals surface area contributed by atoms with Gasteiger partial charge in [0, 0.05) is 12.3 Å². The van der Waals surface area contributed by atoms with Gasteiger partial charge in [-0.15, -0.1) is 0 Å². The number of aryl methyl sites for hydroxylation is 1. The molecule has 0 aliphatic heterocycles. The summed E-state index contributed by atoms with van der Waals surface area (Å²) in [6.45, 7) is 0.304. The lowest BCUT2D eigenvalue weighted by Gasteiger charge is -2.18. The van der Waals surface area contributed by atoms with Crippen molar-refractivity contribution >= 4 is 0 Å². The fraction of sp³-hybridized carbons (Fsp3) is 0.625. The van der Waals surface area contributed by atoms with E-state index < -0.39 is 0 Å². The average Bonchev–Trinajstić information content (AvgIpc) is 2.50. The van der Waals surface area contributed by atoms with Crippen LogP contribution in [0.4, 0.5) is 0 Å². The number of fused-ring (bicyclic) bond motifs is 1. The van der Waals surface area contributed by atoms with Crippen LogP contribution in [0.1, 0.15) is 17.7 Å². The van der Waals surface area contributed by atoms with Gasteiger partial charge in [0.1, 0.15) is 0 Å². The normalized spacial score (nSPS) is 23.2. The highest BCUT2D eigenvalue weighted by Gasteiger charge is 2.18. The topological polar surface area (TPSA) is 48.9 Å². The molecule has 3 nitrogen and oxygen atoms in total. The van der Waals surface area contributed by atoms with E-state index in [1.54, 1.807) is 0 Å². The van der Waals surface area contributed by atoms with E-state index in [2.05, 4.69) is 10.2 Å². The highest BCUT2D eigenvalue weighted by Crippen LogP contribution is 2.22. The number of nitrogens with zero attached hydrogens (tertiary/aromatic N) is 1. The van der Waals surface area contributed by atoms with Gasteiger partial charge in [-0.3, -0.25) is 5.10 Å². The van der Waals surface area contributed by atoms with Crippen molar-refractivity contribution in [2.24, 2.45) is 5.92 Å². The second kappa shape index (κ2) is 2.66. The first-order valence-corrected chi connectivity index (χ1v) is 4.02. The molecular formula is C8H12N2O. The van der Waals surface area contributed by atoms with Gasteiger partial charge in [-0.05, 0) is 30.7 Å². The third-order valence-electron chi connectivity index (χ3n) is 2.38. The molecule has 0 bridgehead atoms. The average molecular weight is 152 g/mol. The van der Waals surface area contributed by atoms with Gasteiger partial charge in [-0.1, -0.05) is 0 Å². The van der Waals surface area contributed by atoms with E-state index in [0.29, 0.717) is 12.5 Å². The number of hydrogen-bond acceptors (Lipinski definition) is 2. The molecule has 1 aromatic heterocycles. The summed E-state index contributed by atoms with van der Waals surface area (Å²) in [5, 5.41) is 15.8. The molecule has 0 radical (unpaired) electrons. The third kappa shape index (κ3) is 1.16. The fourth-order valence-corrected chi connectivity index (χ4v) is 1.64. The van der Waals surface area contributed by atoms with Crippen molar-refractivity contribution in [3.05, 3.63) is 17.5 Å². The lowest BCUT2D eigenvalue weighted by molar-refractivity contribution is 0.212. The van der Waals surface area contributed by atoms with Crippen molar-refractivity contribution in [1.82, 2.24) is 10.2 Å². The highest BCUT2D eigenvalue weighted by molar-refractivity contribution is 5.19. The van der Waals surface area contributed by atoms with Crippen molar-refractivity contribution in [3.8, 4) is 0 Å². The molecule has 1 atom stereocenters. The lowest BCUT2D eigenvalue weighted by atomic mass is 9.89. The van der Waals surface area contributed by atoms with Crippen molar-refractivity contribution < 1.29 is 5.11 Å². The van der Waals surface area contributed by atoms with E-state index in [0.717, 1.165) is 19.3 Å². The molecule has 60 valence electrons. The lowest BCUT2D eigenvalue weighted by Crippen LogP contribution is -2.16. The zero-order valence-corrected chi connectivity index (χ0v) is 6.38. The summed E-state index contributed by atoms with van der Waals surface area (Å²) in [7, 11) is 0. The Morgan fingerprint density at radius 1 is 1.73 bits per heavy atom. The Hall–Kier alpha value is -0.830. The zero-order chi connectivity index (χ0) is 7.68. The van der Waals surface area contributed by atoms with E-state index in [1.807, 2.05) is 6.20 Å². The summed E-state index contributed by atoms with van der Waals surface area (Å²) in [4.78, 5) is 0. The Balaban J connectivity index is 2.18. The maximum absolute atomic E-state index is 8.92. The van der Waals surface area contributed by atoms with Gasteiger partial charge in [-0.2, -0.15) is 5.10 Å². The third-order valence-corrected chi connectivity index (χ3v) is 2.38. The number of aromatic nitrogens is 2. The minimum Gasteiger partial charge on any atom is -0.396 e. The van der Waals surface area contributed by atoms with Crippen LogP contribution in [0.3, 0.4) is 0 Å². The van der Waals surface area contributed by atoms with Crippen molar-refractivity contribution in [1.29, 1.82) is 0 Å². The molecule has 0 fully saturated rings. The number of hydrogen-bond donors (Lipinski definition) is 2. The van der Waals surface area contributed by atoms with Gasteiger partial charge in [0.2, 0.25) is 0 Å². The molecule has 0 amide bonds. The van der Waals surface area contributed by atoms with Gasteiger partial charge in [-0.25, -0.2) is 0 Å². The van der Waals surface area contributed by atoms with Gasteiger partial charge >= 0.3 is 0 Å². The molecule has 1 aliphatic carbocycles.